The van der Waals surface area contributed by atoms with Crippen LogP contribution in [0.1, 0.15) is 44.4 Å². The standard InChI is InChI=1S/C25H36N10O12P2SSi/c1-25(2,3)51(4,5)47-17-13-8-42-48(37,38)45-10-6-11(19-14-15(33-50-19)20(26)29-9-28-14)43-12(10)7-41-49(39,40)46-18(17)23(44-13)35-21-16(32-34-35)22(36)31-24(27)30-21/h9-13,17-18,23H,6-8H2,1-5H3,(H,37,38)(H,39,40)(H2,26,28,29)(H3,27,30,31,36)/t10-,11+,12+,13+,17?,18+,23+/m0/s1. The van der Waals surface area contributed by atoms with E-state index < -0.39 is 85.6 Å². The second-order valence-electron chi connectivity index (χ2n) is 13.7. The first kappa shape index (κ1) is 36.5. The van der Waals surface area contributed by atoms with Gasteiger partial charge in [-0.25, -0.2) is 19.1 Å². The van der Waals surface area contributed by atoms with Gasteiger partial charge in [0.15, 0.2) is 31.5 Å². The van der Waals surface area contributed by atoms with E-state index in [-0.39, 0.29) is 34.4 Å². The largest absolute Gasteiger partial charge is 0.472 e. The molecule has 0 saturated carbocycles. The van der Waals surface area contributed by atoms with Crippen LogP contribution in [0.25, 0.3) is 22.2 Å². The van der Waals surface area contributed by atoms with Gasteiger partial charge >= 0.3 is 15.6 Å². The Kier molecular flexibility index (Phi) is 9.26. The van der Waals surface area contributed by atoms with E-state index in [0.29, 0.717) is 15.9 Å². The molecule has 51 heavy (non-hydrogen) atoms. The fourth-order valence-electron chi connectivity index (χ4n) is 5.72. The lowest BCUT2D eigenvalue weighted by Gasteiger charge is -2.40. The van der Waals surface area contributed by atoms with Crippen LogP contribution in [0.15, 0.2) is 11.1 Å². The molecule has 4 aromatic rings. The molecular weight excluding hydrogens is 754 g/mol. The molecule has 7 rings (SSSR count). The highest BCUT2D eigenvalue weighted by molar-refractivity contribution is 7.47. The number of H-pyrrole nitrogens is 1. The van der Waals surface area contributed by atoms with Crippen LogP contribution in [0, 0.1) is 0 Å². The van der Waals surface area contributed by atoms with Crippen LogP contribution < -0.4 is 17.0 Å². The van der Waals surface area contributed by atoms with Crippen molar-refractivity contribution in [3.05, 3.63) is 21.6 Å². The third-order valence-electron chi connectivity index (χ3n) is 9.26. The lowest BCUT2D eigenvalue weighted by Crippen LogP contribution is -2.50. The molecule has 2 bridgehead atoms. The smallest absolute Gasteiger partial charge is 0.408 e. The summed E-state index contributed by atoms with van der Waals surface area (Å²) < 4.78 is 74.1. The number of aromatic amines is 1. The maximum Gasteiger partial charge on any atom is 0.472 e. The maximum absolute atomic E-state index is 13.8. The van der Waals surface area contributed by atoms with Crippen molar-refractivity contribution in [2.24, 2.45) is 0 Å². The number of hydrogen-bond acceptors (Lipinski definition) is 19. The van der Waals surface area contributed by atoms with Gasteiger partial charge < -0.3 is 35.2 Å². The first-order valence-corrected chi connectivity index (χ1v) is 22.3. The summed E-state index contributed by atoms with van der Waals surface area (Å²) in [5.74, 6) is -0.103. The molecule has 3 fully saturated rings. The molecule has 0 amide bonds. The fourth-order valence-corrected chi connectivity index (χ4v) is 9.80. The van der Waals surface area contributed by atoms with Gasteiger partial charge in [0.1, 0.15) is 47.9 Å². The van der Waals surface area contributed by atoms with Crippen LogP contribution in [-0.4, -0.2) is 101 Å². The number of nitrogen functional groups attached to an aromatic ring is 2. The number of aromatic nitrogens is 8. The Morgan fingerprint density at radius 2 is 1.73 bits per heavy atom. The summed E-state index contributed by atoms with van der Waals surface area (Å²) in [7, 11) is -12.7. The Morgan fingerprint density at radius 1 is 1.02 bits per heavy atom. The third kappa shape index (κ3) is 7.01. The summed E-state index contributed by atoms with van der Waals surface area (Å²) in [6, 6.07) is 0. The molecule has 0 radical (unpaired) electrons. The number of hydrogen-bond donors (Lipinski definition) is 5. The zero-order valence-electron chi connectivity index (χ0n) is 27.8. The van der Waals surface area contributed by atoms with Crippen LogP contribution in [0.5, 0.6) is 0 Å². The molecule has 3 saturated heterocycles. The number of nitrogens with zero attached hydrogens (tertiary/aromatic N) is 7. The molecule has 0 aromatic carbocycles. The van der Waals surface area contributed by atoms with Gasteiger partial charge in [-0.15, -0.1) is 5.10 Å². The van der Waals surface area contributed by atoms with E-state index in [1.54, 1.807) is 0 Å². The fraction of sp³-hybridized carbons (Fsp3) is 0.640. The van der Waals surface area contributed by atoms with Gasteiger partial charge in [-0.3, -0.25) is 27.9 Å². The van der Waals surface area contributed by atoms with Crippen molar-refractivity contribution < 1.29 is 50.9 Å². The molecule has 7 N–H and O–H groups in total. The van der Waals surface area contributed by atoms with E-state index in [1.165, 1.54) is 6.33 Å². The van der Waals surface area contributed by atoms with E-state index in [2.05, 4.69) is 34.6 Å². The van der Waals surface area contributed by atoms with Crippen molar-refractivity contribution in [1.82, 2.24) is 39.3 Å². The number of nitrogens with one attached hydrogen (secondary N) is 1. The van der Waals surface area contributed by atoms with E-state index in [1.807, 2.05) is 33.9 Å². The first-order chi connectivity index (χ1) is 23.8. The average molecular weight is 791 g/mol. The van der Waals surface area contributed by atoms with E-state index in [9.17, 15) is 23.7 Å². The van der Waals surface area contributed by atoms with E-state index in [0.717, 1.165) is 16.2 Å². The second-order valence-corrected chi connectivity index (χ2v) is 22.1. The highest BCUT2D eigenvalue weighted by atomic mass is 32.1. The zero-order chi connectivity index (χ0) is 36.7. The molecule has 7 heterocycles. The Labute approximate surface area is 293 Å². The molecular formula is C25H36N10O12P2SSi. The van der Waals surface area contributed by atoms with Crippen molar-refractivity contribution in [1.29, 1.82) is 0 Å². The molecule has 9 atom stereocenters. The van der Waals surface area contributed by atoms with Crippen LogP contribution >= 0.6 is 27.2 Å². The number of phosphoric ester groups is 2. The van der Waals surface area contributed by atoms with Crippen molar-refractivity contribution in [2.45, 2.75) is 88.2 Å². The third-order valence-corrected chi connectivity index (χ3v) is 16.7. The second kappa shape index (κ2) is 12.9. The number of ether oxygens (including phenoxy) is 2. The summed E-state index contributed by atoms with van der Waals surface area (Å²) >= 11 is 1.04. The summed E-state index contributed by atoms with van der Waals surface area (Å²) in [6.45, 7) is 8.52. The van der Waals surface area contributed by atoms with Gasteiger partial charge in [-0.1, -0.05) is 26.0 Å². The van der Waals surface area contributed by atoms with Crippen LogP contribution in [-0.2, 0) is 41.1 Å². The number of nitrogens with two attached hydrogens (primary N) is 2. The summed E-state index contributed by atoms with van der Waals surface area (Å²) in [5, 5.41) is 7.52. The summed E-state index contributed by atoms with van der Waals surface area (Å²) in [6.07, 6.45) is -7.24. The first-order valence-electron chi connectivity index (χ1n) is 15.6. The van der Waals surface area contributed by atoms with Crippen LogP contribution in [0.4, 0.5) is 11.8 Å². The SMILES string of the molecule is CC(C)(C)[Si](C)(C)OC1[C@H]2OP(=O)(O)OC[C@H]3O[C@@H](c4snc5c(N)ncnc45)C[C@@H]3OP(=O)(O)OC[C@H]1O[C@H]2n1nnc2c(=O)[nH]c(N)nc21. The van der Waals surface area contributed by atoms with Crippen molar-refractivity contribution in [3.63, 3.8) is 0 Å². The lowest BCUT2D eigenvalue weighted by atomic mass is 10.1. The van der Waals surface area contributed by atoms with Gasteiger partial charge in [-0.2, -0.15) is 14.0 Å². The summed E-state index contributed by atoms with van der Waals surface area (Å²) in [5.41, 5.74) is 11.5. The molecule has 0 aliphatic carbocycles. The maximum atomic E-state index is 13.8. The Hall–Kier alpha value is -2.83. The number of phosphoric acid groups is 2. The molecule has 26 heteroatoms. The summed E-state index contributed by atoms with van der Waals surface area (Å²) in [4.78, 5) is 49.9. The molecule has 0 spiro atoms. The Bertz CT molecular complexity index is 2130. The number of anilines is 2. The van der Waals surface area contributed by atoms with Crippen molar-refractivity contribution >= 4 is 69.5 Å². The van der Waals surface area contributed by atoms with E-state index in [4.69, 9.17) is 43.5 Å². The van der Waals surface area contributed by atoms with Gasteiger partial charge in [0, 0.05) is 6.42 Å². The Morgan fingerprint density at radius 3 is 2.45 bits per heavy atom. The minimum absolute atomic E-state index is 0.00387. The van der Waals surface area contributed by atoms with Gasteiger partial charge in [-0.05, 0) is 29.7 Å². The van der Waals surface area contributed by atoms with Crippen molar-refractivity contribution in [2.75, 3.05) is 24.7 Å². The predicted octanol–water partition coefficient (Wildman–Crippen LogP) is 1.91. The molecule has 3 aliphatic rings. The van der Waals surface area contributed by atoms with E-state index >= 15 is 0 Å². The van der Waals surface area contributed by atoms with Gasteiger partial charge in [0.05, 0.1) is 24.2 Å². The molecule has 278 valence electrons. The minimum Gasteiger partial charge on any atom is -0.408 e. The highest BCUT2D eigenvalue weighted by Crippen LogP contribution is 2.55. The highest BCUT2D eigenvalue weighted by Gasteiger charge is 2.56. The molecule has 3 aliphatic heterocycles. The lowest BCUT2D eigenvalue weighted by molar-refractivity contribution is -0.0672. The molecule has 3 unspecified atom stereocenters. The normalized spacial score (nSPS) is 33.9. The van der Waals surface area contributed by atoms with Gasteiger partial charge in [0.25, 0.3) is 5.56 Å². The minimum atomic E-state index is -5.04. The monoisotopic (exact) mass is 790 g/mol. The molecule has 22 nitrogen and oxygen atoms in total. The van der Waals surface area contributed by atoms with Crippen LogP contribution in [0.2, 0.25) is 18.1 Å². The Balaban J connectivity index is 1.25. The number of rotatable bonds is 4. The van der Waals surface area contributed by atoms with Crippen molar-refractivity contribution in [3.8, 4) is 0 Å². The van der Waals surface area contributed by atoms with Gasteiger partial charge in [0.2, 0.25) is 5.95 Å². The topological polar surface area (TPSA) is 306 Å². The quantitative estimate of drug-likeness (QED) is 0.146. The predicted molar refractivity (Wildman–Crippen MR) is 179 cm³/mol. The average Bonchev–Trinajstić information content (AvgIpc) is 3.79. The zero-order valence-corrected chi connectivity index (χ0v) is 31.4. The molecule has 4 aromatic heterocycles. The van der Waals surface area contributed by atoms with Crippen LogP contribution in [0.3, 0.4) is 0 Å². The number of fused-ring (bicyclic) bond motifs is 5.